The first-order valence-corrected chi connectivity index (χ1v) is 5.78. The smallest absolute Gasteiger partial charge is 0.134 e. The van der Waals surface area contributed by atoms with E-state index in [-0.39, 0.29) is 6.17 Å². The van der Waals surface area contributed by atoms with Crippen LogP contribution in [0.25, 0.3) is 0 Å². The van der Waals surface area contributed by atoms with Gasteiger partial charge in [0.2, 0.25) is 0 Å². The van der Waals surface area contributed by atoms with Crippen molar-refractivity contribution >= 4 is 5.82 Å². The predicted octanol–water partition coefficient (Wildman–Crippen LogP) is 2.10. The highest BCUT2D eigenvalue weighted by Crippen LogP contribution is 2.24. The molecule has 0 saturated carbocycles. The molecule has 0 fully saturated rings. The van der Waals surface area contributed by atoms with Crippen LogP contribution < -0.4 is 10.2 Å². The molecule has 17 heavy (non-hydrogen) atoms. The SMILES string of the molecule is C/C=C(\NC)N1C=CN(c2ccccn2)[C@@H]1C. The van der Waals surface area contributed by atoms with Crippen molar-refractivity contribution in [2.24, 2.45) is 0 Å². The molecule has 1 aliphatic rings. The van der Waals surface area contributed by atoms with Crippen molar-refractivity contribution in [1.82, 2.24) is 15.2 Å². The van der Waals surface area contributed by atoms with Gasteiger partial charge in [-0.1, -0.05) is 6.07 Å². The molecule has 1 N–H and O–H groups in total. The normalized spacial score (nSPS) is 19.9. The molecule has 0 saturated heterocycles. The molecule has 1 aliphatic heterocycles. The largest absolute Gasteiger partial charge is 0.375 e. The highest BCUT2D eigenvalue weighted by atomic mass is 15.4. The Hall–Kier alpha value is -1.97. The van der Waals surface area contributed by atoms with Crippen molar-refractivity contribution in [3.63, 3.8) is 0 Å². The molecule has 0 radical (unpaired) electrons. The number of anilines is 1. The lowest BCUT2D eigenvalue weighted by Crippen LogP contribution is -2.38. The average molecular weight is 230 g/mol. The van der Waals surface area contributed by atoms with Crippen LogP contribution in [0.3, 0.4) is 0 Å². The summed E-state index contributed by atoms with van der Waals surface area (Å²) in [6.07, 6.45) is 8.21. The molecule has 4 nitrogen and oxygen atoms in total. The van der Waals surface area contributed by atoms with Gasteiger partial charge in [0, 0.05) is 25.6 Å². The summed E-state index contributed by atoms with van der Waals surface area (Å²) >= 11 is 0. The van der Waals surface area contributed by atoms with Crippen LogP contribution in [0, 0.1) is 0 Å². The number of pyridine rings is 1. The van der Waals surface area contributed by atoms with E-state index in [4.69, 9.17) is 0 Å². The average Bonchev–Trinajstić information content (AvgIpc) is 2.75. The molecule has 90 valence electrons. The Balaban J connectivity index is 2.19. The second-order valence-corrected chi connectivity index (χ2v) is 3.86. The number of hydrogen-bond donors (Lipinski definition) is 1. The van der Waals surface area contributed by atoms with E-state index >= 15 is 0 Å². The third-order valence-corrected chi connectivity index (χ3v) is 2.91. The summed E-state index contributed by atoms with van der Waals surface area (Å²) in [5.74, 6) is 2.05. The van der Waals surface area contributed by atoms with Crippen molar-refractivity contribution in [1.29, 1.82) is 0 Å². The van der Waals surface area contributed by atoms with Gasteiger partial charge in [0.25, 0.3) is 0 Å². The van der Waals surface area contributed by atoms with Crippen LogP contribution in [0.2, 0.25) is 0 Å². The van der Waals surface area contributed by atoms with Gasteiger partial charge in [0.05, 0.1) is 0 Å². The molecule has 0 amide bonds. The Morgan fingerprint density at radius 3 is 2.82 bits per heavy atom. The van der Waals surface area contributed by atoms with Crippen LogP contribution in [-0.2, 0) is 0 Å². The molecule has 1 aromatic rings. The lowest BCUT2D eigenvalue weighted by Gasteiger charge is -2.30. The molecule has 0 aromatic carbocycles. The quantitative estimate of drug-likeness (QED) is 0.861. The first kappa shape index (κ1) is 11.5. The Morgan fingerprint density at radius 2 is 2.24 bits per heavy atom. The lowest BCUT2D eigenvalue weighted by molar-refractivity contribution is 0.368. The second-order valence-electron chi connectivity index (χ2n) is 3.86. The maximum absolute atomic E-state index is 4.36. The standard InChI is InChI=1S/C13H18N4/c1-4-12(14-3)16-9-10-17(11(16)2)13-7-5-6-8-15-13/h4-11,14H,1-3H3/b12-4+/t11-/m1/s1. The Kier molecular flexibility index (Phi) is 3.32. The summed E-state index contributed by atoms with van der Waals surface area (Å²) < 4.78 is 0. The monoisotopic (exact) mass is 230 g/mol. The second kappa shape index (κ2) is 4.91. The highest BCUT2D eigenvalue weighted by molar-refractivity contribution is 5.45. The topological polar surface area (TPSA) is 31.4 Å². The maximum Gasteiger partial charge on any atom is 0.134 e. The summed E-state index contributed by atoms with van der Waals surface area (Å²) in [5, 5.41) is 3.18. The van der Waals surface area contributed by atoms with Gasteiger partial charge in [-0.2, -0.15) is 0 Å². The number of rotatable bonds is 3. The first-order chi connectivity index (χ1) is 8.27. The predicted molar refractivity (Wildman–Crippen MR) is 70.0 cm³/mol. The number of aromatic nitrogens is 1. The van der Waals surface area contributed by atoms with Gasteiger partial charge >= 0.3 is 0 Å². The summed E-state index contributed by atoms with van der Waals surface area (Å²) in [6.45, 7) is 4.17. The number of allylic oxidation sites excluding steroid dienone is 1. The van der Waals surface area contributed by atoms with Crippen molar-refractivity contribution in [3.8, 4) is 0 Å². The van der Waals surface area contributed by atoms with Crippen molar-refractivity contribution in [3.05, 3.63) is 48.7 Å². The Morgan fingerprint density at radius 1 is 1.41 bits per heavy atom. The van der Waals surface area contributed by atoms with Crippen LogP contribution in [0.15, 0.2) is 48.7 Å². The van der Waals surface area contributed by atoms with Crippen LogP contribution in [0.4, 0.5) is 5.82 Å². The number of nitrogens with zero attached hydrogens (tertiary/aromatic N) is 3. The van der Waals surface area contributed by atoms with Gasteiger partial charge < -0.3 is 15.1 Å². The molecule has 0 aliphatic carbocycles. The van der Waals surface area contributed by atoms with Crippen molar-refractivity contribution < 1.29 is 0 Å². The van der Waals surface area contributed by atoms with Crippen molar-refractivity contribution in [2.75, 3.05) is 11.9 Å². The van der Waals surface area contributed by atoms with Gasteiger partial charge in [-0.15, -0.1) is 0 Å². The minimum Gasteiger partial charge on any atom is -0.375 e. The minimum absolute atomic E-state index is 0.226. The van der Waals surface area contributed by atoms with E-state index in [9.17, 15) is 0 Å². The summed E-state index contributed by atoms with van der Waals surface area (Å²) in [7, 11) is 1.93. The van der Waals surface area contributed by atoms with E-state index in [1.807, 2.05) is 44.6 Å². The molecule has 1 aromatic heterocycles. The van der Waals surface area contributed by atoms with E-state index in [1.54, 1.807) is 0 Å². The summed E-state index contributed by atoms with van der Waals surface area (Å²) in [5.41, 5.74) is 0. The first-order valence-electron chi connectivity index (χ1n) is 5.78. The fourth-order valence-electron chi connectivity index (χ4n) is 2.01. The fraction of sp³-hybridized carbons (Fsp3) is 0.308. The lowest BCUT2D eigenvalue weighted by atomic mass is 10.4. The molecule has 4 heteroatoms. The van der Waals surface area contributed by atoms with E-state index < -0.39 is 0 Å². The molecule has 0 unspecified atom stereocenters. The van der Waals surface area contributed by atoms with Crippen LogP contribution in [-0.4, -0.2) is 23.1 Å². The van der Waals surface area contributed by atoms with Gasteiger partial charge in [0.1, 0.15) is 17.8 Å². The molecular formula is C13H18N4. The third kappa shape index (κ3) is 2.11. The Labute approximate surface area is 102 Å². The summed E-state index contributed by atoms with van der Waals surface area (Å²) in [6, 6.07) is 5.94. The van der Waals surface area contributed by atoms with Gasteiger partial charge in [-0.25, -0.2) is 4.98 Å². The van der Waals surface area contributed by atoms with Gasteiger partial charge in [0.15, 0.2) is 0 Å². The van der Waals surface area contributed by atoms with E-state index in [0.717, 1.165) is 11.6 Å². The zero-order valence-electron chi connectivity index (χ0n) is 10.5. The van der Waals surface area contributed by atoms with E-state index in [1.165, 1.54) is 0 Å². The fourth-order valence-corrected chi connectivity index (χ4v) is 2.01. The zero-order chi connectivity index (χ0) is 12.3. The van der Waals surface area contributed by atoms with Gasteiger partial charge in [-0.3, -0.25) is 0 Å². The van der Waals surface area contributed by atoms with Crippen LogP contribution in [0.1, 0.15) is 13.8 Å². The Bertz CT molecular complexity index is 424. The molecule has 0 spiro atoms. The molecular weight excluding hydrogens is 212 g/mol. The van der Waals surface area contributed by atoms with Crippen molar-refractivity contribution in [2.45, 2.75) is 20.0 Å². The van der Waals surface area contributed by atoms with Gasteiger partial charge in [-0.05, 0) is 32.1 Å². The molecule has 0 bridgehead atoms. The highest BCUT2D eigenvalue weighted by Gasteiger charge is 2.25. The molecule has 1 atom stereocenters. The minimum atomic E-state index is 0.226. The van der Waals surface area contributed by atoms with Crippen LogP contribution >= 0.6 is 0 Å². The zero-order valence-corrected chi connectivity index (χ0v) is 10.5. The number of nitrogens with one attached hydrogen (secondary N) is 1. The summed E-state index contributed by atoms with van der Waals surface area (Å²) in [4.78, 5) is 8.68. The third-order valence-electron chi connectivity index (χ3n) is 2.91. The van der Waals surface area contributed by atoms with Crippen LogP contribution in [0.5, 0.6) is 0 Å². The maximum atomic E-state index is 4.36. The molecule has 2 heterocycles. The molecule has 2 rings (SSSR count). The van der Waals surface area contributed by atoms with E-state index in [0.29, 0.717) is 0 Å². The van der Waals surface area contributed by atoms with E-state index in [2.05, 4.69) is 39.3 Å². The number of hydrogen-bond acceptors (Lipinski definition) is 4.